The van der Waals surface area contributed by atoms with E-state index in [1.165, 1.54) is 0 Å². The van der Waals surface area contributed by atoms with E-state index in [4.69, 9.17) is 37.0 Å². The molecule has 2 heterocycles. The first-order valence-corrected chi connectivity index (χ1v) is 10.9. The Morgan fingerprint density at radius 3 is 2.73 bits per heavy atom. The third-order valence-electron chi connectivity index (χ3n) is 4.76. The molecule has 1 aromatic rings. The van der Waals surface area contributed by atoms with Crippen molar-refractivity contribution in [3.63, 3.8) is 0 Å². The lowest BCUT2D eigenvalue weighted by atomic mass is 9.83. The topological polar surface area (TPSA) is 54.0 Å². The number of nitrogens with zero attached hydrogens (tertiary/aromatic N) is 1. The molecule has 3 atom stereocenters. The molecule has 2 aliphatic heterocycles. The van der Waals surface area contributed by atoms with Crippen molar-refractivity contribution in [2.24, 2.45) is 5.41 Å². The highest BCUT2D eigenvalue weighted by atomic mass is 35.5. The van der Waals surface area contributed by atoms with Crippen molar-refractivity contribution in [2.75, 3.05) is 26.4 Å². The number of hydrogen-bond donors (Lipinski definition) is 0. The Morgan fingerprint density at radius 2 is 2.08 bits per heavy atom. The Kier molecular flexibility index (Phi) is 6.33. The maximum atomic E-state index is 13.7. The molecule has 2 unspecified atom stereocenters. The summed E-state index contributed by atoms with van der Waals surface area (Å²) in [5, 5.41) is 0.988. The summed E-state index contributed by atoms with van der Waals surface area (Å²) in [7, 11) is -3.53. The van der Waals surface area contributed by atoms with Gasteiger partial charge in [0.1, 0.15) is 12.7 Å². The van der Waals surface area contributed by atoms with Gasteiger partial charge in [0.25, 0.3) is 0 Å². The summed E-state index contributed by atoms with van der Waals surface area (Å²) in [6, 6.07) is 5.20. The van der Waals surface area contributed by atoms with Gasteiger partial charge in [-0.05, 0) is 18.6 Å². The van der Waals surface area contributed by atoms with Gasteiger partial charge in [-0.3, -0.25) is 0 Å². The average Bonchev–Trinajstić information content (AvgIpc) is 2.59. The fraction of sp³-hybridized carbons (Fsp3) is 0.556. The first kappa shape index (κ1) is 20.5. The van der Waals surface area contributed by atoms with E-state index in [2.05, 4.69) is 6.58 Å². The monoisotopic (exact) mass is 419 g/mol. The summed E-state index contributed by atoms with van der Waals surface area (Å²) in [6.45, 7) is 9.44. The van der Waals surface area contributed by atoms with Crippen molar-refractivity contribution in [3.05, 3.63) is 46.5 Å². The third-order valence-corrected chi connectivity index (χ3v) is 7.51. The highest BCUT2D eigenvalue weighted by molar-refractivity contribution is 7.56. The summed E-state index contributed by atoms with van der Waals surface area (Å²) < 4.78 is 19.3. The molecule has 0 amide bonds. The number of hydrogen-bond acceptors (Lipinski definition) is 5. The molecule has 144 valence electrons. The van der Waals surface area contributed by atoms with Gasteiger partial charge in [-0.2, -0.15) is 9.05 Å². The second-order valence-electron chi connectivity index (χ2n) is 7.27. The van der Waals surface area contributed by atoms with Gasteiger partial charge >= 0.3 is 8.09 Å². The van der Waals surface area contributed by atoms with Gasteiger partial charge in [0.05, 0.1) is 25.8 Å². The summed E-state index contributed by atoms with van der Waals surface area (Å²) in [6.07, 6.45) is 1.88. The second-order valence-corrected chi connectivity index (χ2v) is 10.0. The van der Waals surface area contributed by atoms with Crippen molar-refractivity contribution >= 4 is 31.3 Å². The minimum atomic E-state index is -3.53. The Hall–Kier alpha value is -0.230. The van der Waals surface area contributed by atoms with Crippen LogP contribution in [0.4, 0.5) is 0 Å². The lowest BCUT2D eigenvalue weighted by Gasteiger charge is -2.49. The molecule has 0 aliphatic carbocycles. The molecule has 2 aliphatic rings. The molecule has 0 spiro atoms. The summed E-state index contributed by atoms with van der Waals surface area (Å²) in [4.78, 5) is 13.7. The molecule has 1 aromatic carbocycles. The van der Waals surface area contributed by atoms with Crippen LogP contribution in [-0.4, -0.2) is 37.1 Å². The lowest BCUT2D eigenvalue weighted by molar-refractivity contribution is -0.265. The van der Waals surface area contributed by atoms with Crippen molar-refractivity contribution in [3.8, 4) is 0 Å². The molecule has 0 N–H and O–H groups in total. The molecular formula is C18H24Cl2NO4P. The van der Waals surface area contributed by atoms with Gasteiger partial charge in [0.2, 0.25) is 0 Å². The van der Waals surface area contributed by atoms with E-state index in [0.717, 1.165) is 0 Å². The van der Waals surface area contributed by atoms with Gasteiger partial charge in [-0.1, -0.05) is 49.2 Å². The molecule has 8 heteroatoms. The van der Waals surface area contributed by atoms with Crippen molar-refractivity contribution in [1.29, 1.82) is 0 Å². The third kappa shape index (κ3) is 3.96. The van der Waals surface area contributed by atoms with E-state index < -0.39 is 19.6 Å². The molecule has 0 saturated carbocycles. The quantitative estimate of drug-likeness (QED) is 0.533. The first-order valence-electron chi connectivity index (χ1n) is 8.61. The van der Waals surface area contributed by atoms with Crippen LogP contribution in [0.1, 0.15) is 31.9 Å². The van der Waals surface area contributed by atoms with Crippen molar-refractivity contribution < 1.29 is 18.7 Å². The Labute approximate surface area is 165 Å². The summed E-state index contributed by atoms with van der Waals surface area (Å²) in [5.41, 5.74) is 0.209. The highest BCUT2D eigenvalue weighted by Gasteiger charge is 2.55. The van der Waals surface area contributed by atoms with Crippen LogP contribution in [0.15, 0.2) is 30.9 Å². The highest BCUT2D eigenvalue weighted by Crippen LogP contribution is 2.67. The van der Waals surface area contributed by atoms with Crippen LogP contribution in [0, 0.1) is 5.41 Å². The Bertz CT molecular complexity index is 654. The summed E-state index contributed by atoms with van der Waals surface area (Å²) >= 11 is 12.8. The van der Waals surface area contributed by atoms with E-state index in [-0.39, 0.29) is 12.6 Å². The van der Waals surface area contributed by atoms with Crippen molar-refractivity contribution in [2.45, 2.75) is 32.4 Å². The van der Waals surface area contributed by atoms with Gasteiger partial charge < -0.3 is 9.63 Å². The van der Waals surface area contributed by atoms with Crippen LogP contribution in [-0.2, 0) is 13.8 Å². The van der Waals surface area contributed by atoms with E-state index in [1.807, 2.05) is 13.8 Å². The molecule has 2 saturated heterocycles. The predicted molar refractivity (Wildman–Crippen MR) is 103 cm³/mol. The standard InChI is InChI=1S/C18H24Cl2NO4P/c1-4-6-13-11-23-10-9-21(13)26(22)24-12-18(2,3)17(25-26)16-14(19)7-5-8-15(16)20/h4-5,7-8,13,17H,1,6,9-12H2,2-3H3/t13?,17-,26?/m0/s1. The molecule has 0 aromatic heterocycles. The average molecular weight is 420 g/mol. The fourth-order valence-corrected chi connectivity index (χ4v) is 6.29. The number of ether oxygens (including phenoxy) is 1. The van der Waals surface area contributed by atoms with Crippen LogP contribution in [0.2, 0.25) is 10.0 Å². The van der Waals surface area contributed by atoms with Gasteiger partial charge in [-0.25, -0.2) is 0 Å². The summed E-state index contributed by atoms with van der Waals surface area (Å²) in [5.74, 6) is 0. The second kappa shape index (κ2) is 8.02. The zero-order chi connectivity index (χ0) is 18.9. The maximum absolute atomic E-state index is 13.7. The predicted octanol–water partition coefficient (Wildman–Crippen LogP) is 4.42. The number of benzene rings is 1. The normalized spacial score (nSPS) is 32.3. The SMILES string of the molecule is C=CCC1COCCN1[P+]1([O-])OCC(C)(C)[C@H](c2c(Cl)cccc2Cl)O1. The van der Waals surface area contributed by atoms with Crippen LogP contribution >= 0.6 is 31.3 Å². The molecular weight excluding hydrogens is 396 g/mol. The van der Waals surface area contributed by atoms with Crippen molar-refractivity contribution in [1.82, 2.24) is 4.67 Å². The van der Waals surface area contributed by atoms with E-state index in [0.29, 0.717) is 41.8 Å². The largest absolute Gasteiger partial charge is 0.616 e. The van der Waals surface area contributed by atoms with Gasteiger partial charge in [0, 0.05) is 21.0 Å². The first-order chi connectivity index (χ1) is 12.3. The smallest absolute Gasteiger partial charge is 0.316 e. The molecule has 5 nitrogen and oxygen atoms in total. The van der Waals surface area contributed by atoms with Gasteiger partial charge in [0.15, 0.2) is 0 Å². The minimum absolute atomic E-state index is 0.101. The Morgan fingerprint density at radius 1 is 1.38 bits per heavy atom. The van der Waals surface area contributed by atoms with Gasteiger partial charge in [-0.15, -0.1) is 11.2 Å². The lowest BCUT2D eigenvalue weighted by Crippen LogP contribution is -2.51. The van der Waals surface area contributed by atoms with Crippen LogP contribution in [0.3, 0.4) is 0 Å². The fourth-order valence-electron chi connectivity index (χ4n) is 3.32. The van der Waals surface area contributed by atoms with E-state index in [1.54, 1.807) is 28.9 Å². The van der Waals surface area contributed by atoms with Crippen LogP contribution in [0.5, 0.6) is 0 Å². The zero-order valence-electron chi connectivity index (χ0n) is 15.0. The van der Waals surface area contributed by atoms with Crippen LogP contribution in [0.25, 0.3) is 0 Å². The maximum Gasteiger partial charge on any atom is 0.316 e. The molecule has 3 rings (SSSR count). The van der Waals surface area contributed by atoms with E-state index >= 15 is 0 Å². The molecule has 26 heavy (non-hydrogen) atoms. The van der Waals surface area contributed by atoms with Crippen LogP contribution < -0.4 is 4.89 Å². The zero-order valence-corrected chi connectivity index (χ0v) is 17.4. The molecule has 0 radical (unpaired) electrons. The number of halogens is 2. The number of morpholine rings is 1. The molecule has 0 bridgehead atoms. The molecule has 2 fully saturated rings. The number of rotatable bonds is 4. The Balaban J connectivity index is 1.95. The minimum Gasteiger partial charge on any atom is -0.616 e. The van der Waals surface area contributed by atoms with E-state index in [9.17, 15) is 4.89 Å².